The highest BCUT2D eigenvalue weighted by Crippen LogP contribution is 2.30. The second kappa shape index (κ2) is 3.63. The lowest BCUT2D eigenvalue weighted by Crippen LogP contribution is -2.14. The summed E-state index contributed by atoms with van der Waals surface area (Å²) < 4.78 is 0. The molecular formula is C12H13N3O. The van der Waals surface area contributed by atoms with Gasteiger partial charge in [-0.1, -0.05) is 24.3 Å². The molecule has 0 fully saturated rings. The molecule has 2 N–H and O–H groups in total. The maximum absolute atomic E-state index is 11.0. The summed E-state index contributed by atoms with van der Waals surface area (Å²) in [4.78, 5) is 13.8. The summed E-state index contributed by atoms with van der Waals surface area (Å²) in [6.07, 6.45) is 3.09. The standard InChI is InChI=1S/C12H13N3O/c16-12-13-11(14-15-12)10-6-5-8-3-1-2-4-9(8)7-10/h1-4,10H,5-7H2,(H2,13,14,15,16). The van der Waals surface area contributed by atoms with E-state index in [9.17, 15) is 4.79 Å². The molecular weight excluding hydrogens is 202 g/mol. The average Bonchev–Trinajstić information content (AvgIpc) is 2.75. The van der Waals surface area contributed by atoms with Crippen molar-refractivity contribution in [3.8, 4) is 0 Å². The van der Waals surface area contributed by atoms with Gasteiger partial charge >= 0.3 is 5.69 Å². The van der Waals surface area contributed by atoms with E-state index in [1.807, 2.05) is 0 Å². The summed E-state index contributed by atoms with van der Waals surface area (Å²) >= 11 is 0. The van der Waals surface area contributed by atoms with Crippen LogP contribution in [-0.4, -0.2) is 15.2 Å². The summed E-state index contributed by atoms with van der Waals surface area (Å²) in [5.41, 5.74) is 2.59. The van der Waals surface area contributed by atoms with Crippen LogP contribution in [-0.2, 0) is 12.8 Å². The zero-order valence-electron chi connectivity index (χ0n) is 8.86. The van der Waals surface area contributed by atoms with Crippen LogP contribution in [0, 0.1) is 0 Å². The average molecular weight is 215 g/mol. The highest BCUT2D eigenvalue weighted by molar-refractivity contribution is 5.31. The van der Waals surface area contributed by atoms with Crippen molar-refractivity contribution in [1.82, 2.24) is 15.2 Å². The van der Waals surface area contributed by atoms with Crippen LogP contribution in [0.3, 0.4) is 0 Å². The van der Waals surface area contributed by atoms with E-state index >= 15 is 0 Å². The topological polar surface area (TPSA) is 61.5 Å². The predicted molar refractivity (Wildman–Crippen MR) is 60.4 cm³/mol. The van der Waals surface area contributed by atoms with Gasteiger partial charge in [-0.3, -0.25) is 4.98 Å². The molecule has 0 bridgehead atoms. The van der Waals surface area contributed by atoms with E-state index in [-0.39, 0.29) is 5.69 Å². The molecule has 16 heavy (non-hydrogen) atoms. The predicted octanol–water partition coefficient (Wildman–Crippen LogP) is 1.37. The number of hydrogen-bond acceptors (Lipinski definition) is 2. The van der Waals surface area contributed by atoms with Crippen molar-refractivity contribution in [2.45, 2.75) is 25.2 Å². The van der Waals surface area contributed by atoms with Gasteiger partial charge in [0.1, 0.15) is 5.82 Å². The smallest absolute Gasteiger partial charge is 0.293 e. The van der Waals surface area contributed by atoms with E-state index in [1.54, 1.807) is 0 Å². The Morgan fingerprint density at radius 1 is 1.25 bits per heavy atom. The Hall–Kier alpha value is -1.84. The van der Waals surface area contributed by atoms with Gasteiger partial charge in [0.15, 0.2) is 0 Å². The van der Waals surface area contributed by atoms with Crippen LogP contribution in [0.2, 0.25) is 0 Å². The van der Waals surface area contributed by atoms with Gasteiger partial charge in [0, 0.05) is 5.92 Å². The second-order valence-corrected chi connectivity index (χ2v) is 4.27. The SMILES string of the molecule is O=c1[nH]nc(C2CCc3ccccc3C2)[nH]1. The Labute approximate surface area is 92.7 Å². The fourth-order valence-electron chi connectivity index (χ4n) is 2.41. The van der Waals surface area contributed by atoms with Crippen LogP contribution in [0.25, 0.3) is 0 Å². The van der Waals surface area contributed by atoms with Gasteiger partial charge < -0.3 is 0 Å². The monoisotopic (exact) mass is 215 g/mol. The van der Waals surface area contributed by atoms with Crippen molar-refractivity contribution in [2.75, 3.05) is 0 Å². The van der Waals surface area contributed by atoms with Crippen LogP contribution in [0.5, 0.6) is 0 Å². The third-order valence-electron chi connectivity index (χ3n) is 3.25. The number of aromatic amines is 2. The molecule has 0 aliphatic heterocycles. The molecule has 1 aliphatic carbocycles. The van der Waals surface area contributed by atoms with E-state index in [0.29, 0.717) is 5.92 Å². The van der Waals surface area contributed by atoms with Crippen molar-refractivity contribution in [2.24, 2.45) is 0 Å². The van der Waals surface area contributed by atoms with Crippen molar-refractivity contribution in [3.63, 3.8) is 0 Å². The zero-order valence-corrected chi connectivity index (χ0v) is 8.86. The summed E-state index contributed by atoms with van der Waals surface area (Å²) in [7, 11) is 0. The lowest BCUT2D eigenvalue weighted by Gasteiger charge is -2.22. The molecule has 3 rings (SSSR count). The van der Waals surface area contributed by atoms with Crippen molar-refractivity contribution in [3.05, 3.63) is 51.7 Å². The van der Waals surface area contributed by atoms with Crippen molar-refractivity contribution in [1.29, 1.82) is 0 Å². The van der Waals surface area contributed by atoms with E-state index in [2.05, 4.69) is 39.4 Å². The highest BCUT2D eigenvalue weighted by Gasteiger charge is 2.21. The summed E-state index contributed by atoms with van der Waals surface area (Å²) in [5, 5.41) is 6.45. The first-order valence-corrected chi connectivity index (χ1v) is 5.54. The number of benzene rings is 1. The Morgan fingerprint density at radius 3 is 2.81 bits per heavy atom. The van der Waals surface area contributed by atoms with Crippen molar-refractivity contribution < 1.29 is 0 Å². The molecule has 0 radical (unpaired) electrons. The van der Waals surface area contributed by atoms with Crippen LogP contribution in [0.1, 0.15) is 29.3 Å². The Bertz CT molecular complexity index is 555. The van der Waals surface area contributed by atoms with Crippen LogP contribution >= 0.6 is 0 Å². The molecule has 1 heterocycles. The number of hydrogen-bond donors (Lipinski definition) is 2. The third-order valence-corrected chi connectivity index (χ3v) is 3.25. The summed E-state index contributed by atoms with van der Waals surface area (Å²) in [6, 6.07) is 8.48. The minimum Gasteiger partial charge on any atom is -0.293 e. The molecule has 1 aliphatic rings. The molecule has 1 aromatic heterocycles. The van der Waals surface area contributed by atoms with Gasteiger partial charge in [-0.05, 0) is 30.4 Å². The van der Waals surface area contributed by atoms with E-state index in [0.717, 1.165) is 25.1 Å². The van der Waals surface area contributed by atoms with Gasteiger partial charge in [0.2, 0.25) is 0 Å². The summed E-state index contributed by atoms with van der Waals surface area (Å²) in [5.74, 6) is 1.13. The molecule has 0 spiro atoms. The first-order chi connectivity index (χ1) is 7.83. The number of nitrogens with one attached hydrogen (secondary N) is 2. The molecule has 1 aromatic carbocycles. The largest absolute Gasteiger partial charge is 0.340 e. The lowest BCUT2D eigenvalue weighted by atomic mass is 9.83. The van der Waals surface area contributed by atoms with Crippen LogP contribution in [0.4, 0.5) is 0 Å². The number of H-pyrrole nitrogens is 2. The quantitative estimate of drug-likeness (QED) is 0.754. The fourth-order valence-corrected chi connectivity index (χ4v) is 2.41. The highest BCUT2D eigenvalue weighted by atomic mass is 16.1. The molecule has 1 unspecified atom stereocenters. The number of aryl methyl sites for hydroxylation is 1. The minimum atomic E-state index is -0.214. The Morgan fingerprint density at radius 2 is 2.06 bits per heavy atom. The van der Waals surface area contributed by atoms with Gasteiger partial charge in [-0.2, -0.15) is 5.10 Å². The number of rotatable bonds is 1. The van der Waals surface area contributed by atoms with Crippen LogP contribution in [0.15, 0.2) is 29.1 Å². The maximum Gasteiger partial charge on any atom is 0.340 e. The fraction of sp³-hybridized carbons (Fsp3) is 0.333. The second-order valence-electron chi connectivity index (χ2n) is 4.27. The zero-order chi connectivity index (χ0) is 11.0. The van der Waals surface area contributed by atoms with E-state index < -0.39 is 0 Å². The minimum absolute atomic E-state index is 0.214. The normalized spacial score (nSPS) is 19.4. The molecule has 0 amide bonds. The van der Waals surface area contributed by atoms with Gasteiger partial charge in [-0.15, -0.1) is 0 Å². The number of aromatic nitrogens is 3. The lowest BCUT2D eigenvalue weighted by molar-refractivity contribution is 0.557. The molecule has 1 atom stereocenters. The van der Waals surface area contributed by atoms with Crippen LogP contribution < -0.4 is 5.69 Å². The Balaban J connectivity index is 1.90. The maximum atomic E-state index is 11.0. The van der Waals surface area contributed by atoms with Gasteiger partial charge in [-0.25, -0.2) is 9.89 Å². The van der Waals surface area contributed by atoms with E-state index in [1.165, 1.54) is 11.1 Å². The first-order valence-electron chi connectivity index (χ1n) is 5.54. The molecule has 0 saturated heterocycles. The first kappa shape index (κ1) is 9.39. The van der Waals surface area contributed by atoms with E-state index in [4.69, 9.17) is 0 Å². The van der Waals surface area contributed by atoms with Crippen molar-refractivity contribution >= 4 is 0 Å². The summed E-state index contributed by atoms with van der Waals surface area (Å²) in [6.45, 7) is 0. The third kappa shape index (κ3) is 1.56. The molecule has 4 heteroatoms. The number of fused-ring (bicyclic) bond motifs is 1. The molecule has 4 nitrogen and oxygen atoms in total. The number of nitrogens with zero attached hydrogens (tertiary/aromatic N) is 1. The Kier molecular flexibility index (Phi) is 2.13. The van der Waals surface area contributed by atoms with Gasteiger partial charge in [0.25, 0.3) is 0 Å². The molecule has 2 aromatic rings. The molecule has 82 valence electrons. The van der Waals surface area contributed by atoms with Gasteiger partial charge in [0.05, 0.1) is 0 Å². The molecule has 0 saturated carbocycles.